The molecule has 2 N–H and O–H groups in total. The first-order valence-electron chi connectivity index (χ1n) is 14.7. The maximum atomic E-state index is 16.8. The van der Waals surface area contributed by atoms with Crippen LogP contribution in [0.15, 0.2) is 30.3 Å². The third kappa shape index (κ3) is 4.15. The number of hydrogen-bond donors (Lipinski definition) is 2. The molecule has 0 bridgehead atoms. The van der Waals surface area contributed by atoms with Gasteiger partial charge in [0, 0.05) is 49.1 Å². The number of ether oxygens (including phenoxy) is 2. The first-order chi connectivity index (χ1) is 20.9. The number of halogens is 2. The number of phenols is 1. The van der Waals surface area contributed by atoms with Gasteiger partial charge in [-0.05, 0) is 43.0 Å². The molecule has 3 atom stereocenters. The normalized spacial score (nSPS) is 24.8. The van der Waals surface area contributed by atoms with Crippen molar-refractivity contribution in [3.8, 4) is 41.2 Å². The monoisotopic (exact) mass is 584 g/mol. The number of terminal acetylenes is 1. The van der Waals surface area contributed by atoms with E-state index < -0.39 is 17.5 Å². The fourth-order valence-corrected chi connectivity index (χ4v) is 7.39. The topological polar surface area (TPSA) is 95.9 Å². The summed E-state index contributed by atoms with van der Waals surface area (Å²) in [7, 11) is 0. The molecule has 11 heteroatoms. The summed E-state index contributed by atoms with van der Waals surface area (Å²) < 4.78 is 43.7. The minimum absolute atomic E-state index is 0.00410. The maximum absolute atomic E-state index is 16.8. The second-order valence-electron chi connectivity index (χ2n) is 11.9. The molecule has 3 fully saturated rings. The number of hydrogen-bond acceptors (Lipinski definition) is 9. The van der Waals surface area contributed by atoms with Crippen LogP contribution >= 0.6 is 0 Å². The van der Waals surface area contributed by atoms with Crippen molar-refractivity contribution in [2.24, 2.45) is 0 Å². The third-order valence-electron chi connectivity index (χ3n) is 9.35. The lowest BCUT2D eigenvalue weighted by Crippen LogP contribution is -2.53. The van der Waals surface area contributed by atoms with Crippen LogP contribution < -0.4 is 19.7 Å². The zero-order valence-corrected chi connectivity index (χ0v) is 23.4. The predicted molar refractivity (Wildman–Crippen MR) is 158 cm³/mol. The summed E-state index contributed by atoms with van der Waals surface area (Å²) >= 11 is 0. The summed E-state index contributed by atoms with van der Waals surface area (Å²) in [6.07, 6.45) is 7.13. The van der Waals surface area contributed by atoms with Crippen molar-refractivity contribution in [3.05, 3.63) is 41.7 Å². The van der Waals surface area contributed by atoms with Crippen LogP contribution in [0, 0.1) is 18.2 Å². The number of nitrogens with zero attached hydrogens (tertiary/aromatic N) is 5. The molecular formula is C32H30F2N6O3. The Hall–Kier alpha value is -4.27. The number of aromatic nitrogens is 3. The highest BCUT2D eigenvalue weighted by Gasteiger charge is 2.49. The molecule has 0 amide bonds. The standard InChI is InChI=1S/C32H30F2N6O3/c1-2-18-5-3-6-19-11-22(41)12-23(24(18)19)27-26(34)28-25-29(40-10-8-35-14-21(40)16-42-30(25)36-27)38-31(37-28)43-17-32-7-4-9-39(32)15-20(33)13-32/h1,3,5-6,11-12,20-21,35,41H,4,7-10,13-17H2/t20-,21+,32+/m1/s1. The average Bonchev–Trinajstić information content (AvgIpc) is 3.49. The summed E-state index contributed by atoms with van der Waals surface area (Å²) in [4.78, 5) is 18.3. The average molecular weight is 585 g/mol. The van der Waals surface area contributed by atoms with E-state index in [1.54, 1.807) is 24.3 Å². The van der Waals surface area contributed by atoms with E-state index in [0.29, 0.717) is 65.8 Å². The molecule has 8 rings (SSSR count). The number of piperazine rings is 1. The molecule has 6 heterocycles. The zero-order valence-electron chi connectivity index (χ0n) is 23.4. The van der Waals surface area contributed by atoms with E-state index in [1.165, 1.54) is 6.07 Å². The number of phenolic OH excluding ortho intramolecular Hbond substituents is 1. The molecule has 2 aromatic carbocycles. The van der Waals surface area contributed by atoms with Crippen LogP contribution in [-0.4, -0.2) is 88.6 Å². The van der Waals surface area contributed by atoms with Gasteiger partial charge in [0.1, 0.15) is 47.5 Å². The van der Waals surface area contributed by atoms with Crippen LogP contribution in [0.1, 0.15) is 24.8 Å². The molecule has 2 aromatic heterocycles. The summed E-state index contributed by atoms with van der Waals surface area (Å²) in [5.74, 6) is 2.62. The number of benzene rings is 2. The van der Waals surface area contributed by atoms with Gasteiger partial charge in [0.15, 0.2) is 5.82 Å². The fraction of sp³-hybridized carbons (Fsp3) is 0.406. The van der Waals surface area contributed by atoms with Gasteiger partial charge in [-0.3, -0.25) is 4.90 Å². The van der Waals surface area contributed by atoms with Gasteiger partial charge in [-0.2, -0.15) is 9.97 Å². The first-order valence-corrected chi connectivity index (χ1v) is 14.7. The molecule has 4 aromatic rings. The number of rotatable bonds is 4. The lowest BCUT2D eigenvalue weighted by Gasteiger charge is -2.35. The van der Waals surface area contributed by atoms with Crippen LogP contribution in [0.3, 0.4) is 0 Å². The minimum atomic E-state index is -0.900. The number of aromatic hydroxyl groups is 1. The lowest BCUT2D eigenvalue weighted by atomic mass is 9.95. The van der Waals surface area contributed by atoms with Gasteiger partial charge < -0.3 is 24.8 Å². The van der Waals surface area contributed by atoms with Gasteiger partial charge in [-0.15, -0.1) is 6.42 Å². The van der Waals surface area contributed by atoms with E-state index in [2.05, 4.69) is 31.0 Å². The van der Waals surface area contributed by atoms with E-state index in [-0.39, 0.29) is 41.5 Å². The molecule has 0 aliphatic carbocycles. The van der Waals surface area contributed by atoms with Gasteiger partial charge in [0.05, 0.1) is 11.6 Å². The first kappa shape index (κ1) is 26.4. The molecule has 220 valence electrons. The molecule has 43 heavy (non-hydrogen) atoms. The summed E-state index contributed by atoms with van der Waals surface area (Å²) in [6.45, 7) is 3.77. The quantitative estimate of drug-likeness (QED) is 0.348. The van der Waals surface area contributed by atoms with E-state index >= 15 is 4.39 Å². The van der Waals surface area contributed by atoms with Crippen molar-refractivity contribution in [1.29, 1.82) is 0 Å². The summed E-state index contributed by atoms with van der Waals surface area (Å²) in [6, 6.07) is 8.35. The highest BCUT2D eigenvalue weighted by molar-refractivity contribution is 6.04. The van der Waals surface area contributed by atoms with E-state index in [9.17, 15) is 9.50 Å². The summed E-state index contributed by atoms with van der Waals surface area (Å²) in [5, 5.41) is 15.6. The molecule has 4 aliphatic rings. The Kier molecular flexibility index (Phi) is 6.07. The van der Waals surface area contributed by atoms with Crippen molar-refractivity contribution in [3.63, 3.8) is 0 Å². The second kappa shape index (κ2) is 9.89. The number of anilines is 1. The van der Waals surface area contributed by atoms with Crippen LogP contribution in [-0.2, 0) is 0 Å². The van der Waals surface area contributed by atoms with Crippen molar-refractivity contribution in [2.75, 3.05) is 50.8 Å². The second-order valence-corrected chi connectivity index (χ2v) is 11.9. The van der Waals surface area contributed by atoms with Crippen molar-refractivity contribution >= 4 is 27.5 Å². The van der Waals surface area contributed by atoms with E-state index in [0.717, 1.165) is 25.9 Å². The van der Waals surface area contributed by atoms with Gasteiger partial charge in [-0.1, -0.05) is 18.1 Å². The van der Waals surface area contributed by atoms with E-state index in [4.69, 9.17) is 20.9 Å². The number of nitrogens with one attached hydrogen (secondary N) is 1. The van der Waals surface area contributed by atoms with Crippen LogP contribution in [0.5, 0.6) is 17.6 Å². The Morgan fingerprint density at radius 1 is 1.21 bits per heavy atom. The molecule has 4 aliphatic heterocycles. The Labute approximate surface area is 246 Å². The van der Waals surface area contributed by atoms with Crippen molar-refractivity contribution in [2.45, 2.75) is 37.0 Å². The number of fused-ring (bicyclic) bond motifs is 4. The SMILES string of the molecule is C#Cc1cccc2cc(O)cc(-c3nc4c5c(nc(OC[C@@]67CCCN6C[C@H](F)C7)nc5c3F)N3CCNC[C@H]3CO4)c12. The van der Waals surface area contributed by atoms with E-state index in [1.807, 2.05) is 0 Å². The fourth-order valence-electron chi connectivity index (χ4n) is 7.39. The van der Waals surface area contributed by atoms with Crippen LogP contribution in [0.4, 0.5) is 14.6 Å². The van der Waals surface area contributed by atoms with Crippen LogP contribution in [0.2, 0.25) is 0 Å². The largest absolute Gasteiger partial charge is 0.508 e. The highest BCUT2D eigenvalue weighted by Crippen LogP contribution is 2.44. The van der Waals surface area contributed by atoms with Gasteiger partial charge >= 0.3 is 6.01 Å². The predicted octanol–water partition coefficient (Wildman–Crippen LogP) is 3.80. The smallest absolute Gasteiger partial charge is 0.319 e. The highest BCUT2D eigenvalue weighted by atomic mass is 19.1. The molecule has 0 spiro atoms. The molecule has 3 saturated heterocycles. The number of alkyl halides is 1. The van der Waals surface area contributed by atoms with Crippen molar-refractivity contribution < 1.29 is 23.4 Å². The Bertz CT molecular complexity index is 1830. The number of pyridine rings is 1. The zero-order chi connectivity index (χ0) is 29.3. The molecule has 0 radical (unpaired) electrons. The van der Waals surface area contributed by atoms with Crippen molar-refractivity contribution in [1.82, 2.24) is 25.2 Å². The maximum Gasteiger partial charge on any atom is 0.319 e. The van der Waals surface area contributed by atoms with Gasteiger partial charge in [-0.25, -0.2) is 13.8 Å². The third-order valence-corrected chi connectivity index (χ3v) is 9.35. The Balaban J connectivity index is 1.32. The minimum Gasteiger partial charge on any atom is -0.508 e. The molecule has 9 nitrogen and oxygen atoms in total. The summed E-state index contributed by atoms with van der Waals surface area (Å²) in [5.41, 5.74) is 0.417. The van der Waals surface area contributed by atoms with Gasteiger partial charge in [0.2, 0.25) is 5.88 Å². The molecular weight excluding hydrogens is 554 g/mol. The Morgan fingerprint density at radius 3 is 3.00 bits per heavy atom. The Morgan fingerprint density at radius 2 is 2.12 bits per heavy atom. The lowest BCUT2D eigenvalue weighted by molar-refractivity contribution is 0.107. The molecule has 0 saturated carbocycles. The van der Waals surface area contributed by atoms with Crippen LogP contribution in [0.25, 0.3) is 32.9 Å². The molecule has 0 unspecified atom stereocenters. The van der Waals surface area contributed by atoms with Gasteiger partial charge in [0.25, 0.3) is 0 Å².